The highest BCUT2D eigenvalue weighted by atomic mass is 16.6. The van der Waals surface area contributed by atoms with Gasteiger partial charge in [-0.05, 0) is 52.2 Å². The quantitative estimate of drug-likeness (QED) is 0.412. The number of ether oxygens (including phenoxy) is 3. The second-order valence-electron chi connectivity index (χ2n) is 9.32. The number of allylic oxidation sites excluding steroid dienone is 2. The first-order valence-corrected chi connectivity index (χ1v) is 11.3. The lowest BCUT2D eigenvalue weighted by atomic mass is 9.78. The SMILES string of the molecule is C/C=C/C(CC(C)CC)=N[C@H](C(=O)OC(C)(C)C)C1c2ccccc2OC[C@H]1C(=O)OC. The minimum Gasteiger partial charge on any atom is -0.492 e. The van der Waals surface area contributed by atoms with Crippen molar-refractivity contribution in [2.24, 2.45) is 16.8 Å². The normalized spacial score (nSPS) is 20.8. The Bertz CT molecular complexity index is 852. The largest absolute Gasteiger partial charge is 0.492 e. The molecule has 1 aliphatic heterocycles. The molecular weight excluding hydrogens is 406 g/mol. The van der Waals surface area contributed by atoms with E-state index in [1.54, 1.807) is 0 Å². The highest BCUT2D eigenvalue weighted by Gasteiger charge is 2.45. The van der Waals surface area contributed by atoms with Crippen molar-refractivity contribution >= 4 is 17.7 Å². The van der Waals surface area contributed by atoms with Crippen LogP contribution in [-0.4, -0.2) is 43.0 Å². The van der Waals surface area contributed by atoms with E-state index in [2.05, 4.69) is 13.8 Å². The number of nitrogens with zero attached hydrogens (tertiary/aromatic N) is 1. The van der Waals surface area contributed by atoms with Crippen LogP contribution in [0.5, 0.6) is 5.75 Å². The molecule has 0 fully saturated rings. The van der Waals surface area contributed by atoms with Crippen molar-refractivity contribution in [3.63, 3.8) is 0 Å². The van der Waals surface area contributed by atoms with Gasteiger partial charge < -0.3 is 14.2 Å². The van der Waals surface area contributed by atoms with Crippen molar-refractivity contribution in [1.29, 1.82) is 0 Å². The average Bonchev–Trinajstić information content (AvgIpc) is 2.74. The van der Waals surface area contributed by atoms with Gasteiger partial charge in [0.25, 0.3) is 0 Å². The molecule has 0 N–H and O–H groups in total. The number of esters is 2. The van der Waals surface area contributed by atoms with Crippen molar-refractivity contribution in [3.8, 4) is 5.75 Å². The summed E-state index contributed by atoms with van der Waals surface area (Å²) in [6.07, 6.45) is 5.58. The number of fused-ring (bicyclic) bond motifs is 1. The van der Waals surface area contributed by atoms with E-state index in [4.69, 9.17) is 19.2 Å². The lowest BCUT2D eigenvalue weighted by Crippen LogP contribution is -2.43. The molecule has 32 heavy (non-hydrogen) atoms. The molecule has 1 aromatic rings. The maximum atomic E-state index is 13.5. The van der Waals surface area contributed by atoms with Crippen LogP contribution in [0.1, 0.15) is 65.9 Å². The van der Waals surface area contributed by atoms with Crippen molar-refractivity contribution in [2.45, 2.75) is 71.9 Å². The Morgan fingerprint density at radius 3 is 2.56 bits per heavy atom. The molecule has 0 saturated carbocycles. The molecule has 0 saturated heterocycles. The predicted octanol–water partition coefficient (Wildman–Crippen LogP) is 5.12. The van der Waals surface area contributed by atoms with Gasteiger partial charge in [0.1, 0.15) is 23.9 Å². The van der Waals surface area contributed by atoms with E-state index in [1.165, 1.54) is 7.11 Å². The van der Waals surface area contributed by atoms with E-state index in [-0.39, 0.29) is 6.61 Å². The topological polar surface area (TPSA) is 74.2 Å². The smallest absolute Gasteiger partial charge is 0.332 e. The first-order chi connectivity index (χ1) is 15.1. The fraction of sp³-hybridized carbons (Fsp3) is 0.577. The van der Waals surface area contributed by atoms with Crippen LogP contribution in [0.4, 0.5) is 0 Å². The van der Waals surface area contributed by atoms with Crippen LogP contribution in [0.25, 0.3) is 0 Å². The first-order valence-electron chi connectivity index (χ1n) is 11.3. The number of hydrogen-bond donors (Lipinski definition) is 0. The molecular formula is C26H37NO5. The van der Waals surface area contributed by atoms with Gasteiger partial charge >= 0.3 is 11.9 Å². The average molecular weight is 444 g/mol. The fourth-order valence-electron chi connectivity index (χ4n) is 3.82. The fourth-order valence-corrected chi connectivity index (χ4v) is 3.82. The summed E-state index contributed by atoms with van der Waals surface area (Å²) in [7, 11) is 1.35. The molecule has 1 aliphatic rings. The number of rotatable bonds is 8. The number of methoxy groups -OCH3 is 1. The molecule has 2 rings (SSSR count). The van der Waals surface area contributed by atoms with E-state index < -0.39 is 35.4 Å². The summed E-state index contributed by atoms with van der Waals surface area (Å²) >= 11 is 0. The van der Waals surface area contributed by atoms with Crippen molar-refractivity contribution < 1.29 is 23.8 Å². The van der Waals surface area contributed by atoms with Crippen LogP contribution >= 0.6 is 0 Å². The summed E-state index contributed by atoms with van der Waals surface area (Å²) < 4.78 is 16.7. The minimum absolute atomic E-state index is 0.119. The summed E-state index contributed by atoms with van der Waals surface area (Å²) in [5.41, 5.74) is 0.885. The molecule has 0 amide bonds. The van der Waals surface area contributed by atoms with Gasteiger partial charge in [-0.2, -0.15) is 0 Å². The van der Waals surface area contributed by atoms with Crippen LogP contribution in [0.15, 0.2) is 41.4 Å². The Labute approximate surface area is 192 Å². The van der Waals surface area contributed by atoms with Crippen LogP contribution in [-0.2, 0) is 19.1 Å². The highest BCUT2D eigenvalue weighted by Crippen LogP contribution is 2.41. The van der Waals surface area contributed by atoms with Gasteiger partial charge in [-0.25, -0.2) is 4.79 Å². The molecule has 0 aliphatic carbocycles. The molecule has 6 heteroatoms. The molecule has 0 aromatic heterocycles. The maximum absolute atomic E-state index is 13.5. The molecule has 176 valence electrons. The molecule has 4 atom stereocenters. The number of aliphatic imine (C=N–C) groups is 1. The second-order valence-corrected chi connectivity index (χ2v) is 9.32. The Hall–Kier alpha value is -2.63. The third-order valence-electron chi connectivity index (χ3n) is 5.54. The number of carbonyl (C=O) groups excluding carboxylic acids is 2. The molecule has 0 spiro atoms. The Kier molecular flexibility index (Phi) is 9.05. The molecule has 1 aromatic carbocycles. The zero-order chi connectivity index (χ0) is 23.9. The van der Waals surface area contributed by atoms with Gasteiger partial charge in [-0.1, -0.05) is 44.5 Å². The maximum Gasteiger partial charge on any atom is 0.332 e. The Balaban J connectivity index is 2.65. The second kappa shape index (κ2) is 11.3. The van der Waals surface area contributed by atoms with Crippen molar-refractivity contribution in [1.82, 2.24) is 0 Å². The van der Waals surface area contributed by atoms with Gasteiger partial charge in [0, 0.05) is 17.2 Å². The van der Waals surface area contributed by atoms with Gasteiger partial charge in [-0.15, -0.1) is 0 Å². The summed E-state index contributed by atoms with van der Waals surface area (Å²) in [4.78, 5) is 31.1. The molecule has 1 heterocycles. The van der Waals surface area contributed by atoms with Crippen LogP contribution in [0, 0.1) is 11.8 Å². The summed E-state index contributed by atoms with van der Waals surface area (Å²) in [6, 6.07) is 6.56. The molecule has 0 bridgehead atoms. The zero-order valence-electron chi connectivity index (χ0n) is 20.4. The first kappa shape index (κ1) is 25.6. The number of carbonyl (C=O) groups is 2. The van der Waals surface area contributed by atoms with E-state index in [0.29, 0.717) is 11.7 Å². The third-order valence-corrected chi connectivity index (χ3v) is 5.54. The standard InChI is InChI=1S/C26H37NO5/c1-8-12-18(15-17(3)9-2)27-23(25(29)32-26(4,5)6)22-19-13-10-11-14-21(19)31-16-20(22)24(28)30-7/h8,10-14,17,20,22-23H,9,15-16H2,1-7H3/b12-8+,27-18?/t17?,20-,22?,23+/m1/s1. The van der Waals surface area contributed by atoms with E-state index in [9.17, 15) is 9.59 Å². The predicted molar refractivity (Wildman–Crippen MR) is 126 cm³/mol. The van der Waals surface area contributed by atoms with Crippen molar-refractivity contribution in [3.05, 3.63) is 42.0 Å². The molecule has 2 unspecified atom stereocenters. The van der Waals surface area contributed by atoms with Gasteiger partial charge in [0.15, 0.2) is 6.04 Å². The van der Waals surface area contributed by atoms with E-state index in [1.807, 2.05) is 64.1 Å². The lowest BCUT2D eigenvalue weighted by molar-refractivity contribution is -0.158. The van der Waals surface area contributed by atoms with Crippen LogP contribution in [0.3, 0.4) is 0 Å². The lowest BCUT2D eigenvalue weighted by Gasteiger charge is -2.35. The highest BCUT2D eigenvalue weighted by molar-refractivity contribution is 5.97. The number of hydrogen-bond acceptors (Lipinski definition) is 6. The number of para-hydroxylation sites is 1. The van der Waals surface area contributed by atoms with Crippen LogP contribution < -0.4 is 4.74 Å². The van der Waals surface area contributed by atoms with E-state index >= 15 is 0 Å². The minimum atomic E-state index is -0.904. The molecule has 6 nitrogen and oxygen atoms in total. The number of benzene rings is 1. The van der Waals surface area contributed by atoms with E-state index in [0.717, 1.165) is 24.1 Å². The van der Waals surface area contributed by atoms with Gasteiger partial charge in [0.05, 0.1) is 7.11 Å². The van der Waals surface area contributed by atoms with Crippen molar-refractivity contribution in [2.75, 3.05) is 13.7 Å². The Morgan fingerprint density at radius 1 is 1.28 bits per heavy atom. The third kappa shape index (κ3) is 6.68. The monoisotopic (exact) mass is 443 g/mol. The summed E-state index contributed by atoms with van der Waals surface area (Å²) in [6.45, 7) is 11.8. The Morgan fingerprint density at radius 2 is 1.97 bits per heavy atom. The van der Waals surface area contributed by atoms with Crippen LogP contribution in [0.2, 0.25) is 0 Å². The zero-order valence-corrected chi connectivity index (χ0v) is 20.4. The van der Waals surface area contributed by atoms with Gasteiger partial charge in [-0.3, -0.25) is 9.79 Å². The molecule has 0 radical (unpaired) electrons. The summed E-state index contributed by atoms with van der Waals surface area (Å²) in [5.74, 6) is -1.06. The summed E-state index contributed by atoms with van der Waals surface area (Å²) in [5, 5.41) is 0. The van der Waals surface area contributed by atoms with Gasteiger partial charge in [0.2, 0.25) is 0 Å².